The zero-order valence-corrected chi connectivity index (χ0v) is 12.4. The molecule has 4 nitrogen and oxygen atoms in total. The highest BCUT2D eigenvalue weighted by atomic mass is 16.7. The topological polar surface area (TPSA) is 47.9 Å². The zero-order valence-electron chi connectivity index (χ0n) is 12.4. The quantitative estimate of drug-likeness (QED) is 0.678. The van der Waals surface area contributed by atoms with Crippen molar-refractivity contribution < 1.29 is 19.2 Å². The highest BCUT2D eigenvalue weighted by Gasteiger charge is 2.50. The molecule has 0 aliphatic carbocycles. The van der Waals surface area contributed by atoms with E-state index < -0.39 is 7.12 Å². The van der Waals surface area contributed by atoms with Gasteiger partial charge in [0.2, 0.25) is 0 Å². The predicted octanol–water partition coefficient (Wildman–Crippen LogP) is 2.70. The Morgan fingerprint density at radius 2 is 1.65 bits per heavy atom. The van der Waals surface area contributed by atoms with Crippen LogP contribution < -0.4 is 4.74 Å². The smallest absolute Gasteiger partial charge is 0.466 e. The van der Waals surface area contributed by atoms with Crippen molar-refractivity contribution in [3.8, 4) is 5.75 Å². The maximum absolute atomic E-state index is 8.96. The molecule has 0 aromatic heterocycles. The van der Waals surface area contributed by atoms with Crippen LogP contribution in [0.4, 0.5) is 0 Å². The first-order chi connectivity index (χ1) is 9.34. The van der Waals surface area contributed by atoms with E-state index in [-0.39, 0.29) is 17.8 Å². The van der Waals surface area contributed by atoms with Crippen LogP contribution in [0, 0.1) is 0 Å². The minimum Gasteiger partial charge on any atom is -0.466 e. The fourth-order valence-electron chi connectivity index (χ4n) is 1.82. The first kappa shape index (κ1) is 15.1. The summed E-state index contributed by atoms with van der Waals surface area (Å²) in [5.74, 6) is 2.45. The summed E-state index contributed by atoms with van der Waals surface area (Å²) in [6.45, 7) is 8.07. The lowest BCUT2D eigenvalue weighted by Crippen LogP contribution is -2.41. The normalized spacial score (nSPS) is 20.6. The van der Waals surface area contributed by atoms with Gasteiger partial charge in [0.05, 0.1) is 24.1 Å². The lowest BCUT2D eigenvalue weighted by atomic mass is 9.90. The SMILES string of the molecule is CC1(C)OB(/C=C/Oc2ccc(CO)cc2)OC1(C)C. The summed E-state index contributed by atoms with van der Waals surface area (Å²) >= 11 is 0. The third kappa shape index (κ3) is 3.23. The van der Waals surface area contributed by atoms with E-state index in [1.807, 2.05) is 39.8 Å². The van der Waals surface area contributed by atoms with Crippen molar-refractivity contribution in [2.75, 3.05) is 0 Å². The van der Waals surface area contributed by atoms with E-state index in [1.165, 1.54) is 0 Å². The highest BCUT2D eigenvalue weighted by Crippen LogP contribution is 2.36. The lowest BCUT2D eigenvalue weighted by molar-refractivity contribution is 0.00578. The molecular formula is C15H21BO4. The maximum Gasteiger partial charge on any atom is 0.490 e. The van der Waals surface area contributed by atoms with Gasteiger partial charge in [0.1, 0.15) is 5.75 Å². The van der Waals surface area contributed by atoms with Crippen LogP contribution in [0.2, 0.25) is 0 Å². The first-order valence-electron chi connectivity index (χ1n) is 6.73. The molecule has 0 amide bonds. The Bertz CT molecular complexity index is 463. The molecule has 0 spiro atoms. The summed E-state index contributed by atoms with van der Waals surface area (Å²) < 4.78 is 17.1. The molecule has 108 valence electrons. The van der Waals surface area contributed by atoms with Gasteiger partial charge in [0.25, 0.3) is 0 Å². The molecule has 5 heteroatoms. The van der Waals surface area contributed by atoms with Gasteiger partial charge in [-0.05, 0) is 51.4 Å². The van der Waals surface area contributed by atoms with Crippen molar-refractivity contribution in [3.63, 3.8) is 0 Å². The summed E-state index contributed by atoms with van der Waals surface area (Å²) in [6, 6.07) is 7.25. The molecule has 1 aliphatic rings. The fraction of sp³-hybridized carbons (Fsp3) is 0.467. The lowest BCUT2D eigenvalue weighted by Gasteiger charge is -2.32. The molecule has 0 radical (unpaired) electrons. The molecule has 20 heavy (non-hydrogen) atoms. The number of hydrogen-bond donors (Lipinski definition) is 1. The van der Waals surface area contributed by atoms with Crippen molar-refractivity contribution in [3.05, 3.63) is 42.1 Å². The van der Waals surface area contributed by atoms with Crippen LogP contribution in [0.5, 0.6) is 5.75 Å². The third-order valence-corrected chi connectivity index (χ3v) is 3.82. The monoisotopic (exact) mass is 276 g/mol. The molecule has 0 atom stereocenters. The van der Waals surface area contributed by atoms with Crippen LogP contribution in [0.3, 0.4) is 0 Å². The van der Waals surface area contributed by atoms with E-state index >= 15 is 0 Å². The van der Waals surface area contributed by atoms with E-state index in [1.54, 1.807) is 24.4 Å². The standard InChI is InChI=1S/C15H21BO4/c1-14(2)15(3,4)20-16(19-14)9-10-18-13-7-5-12(11-17)6-8-13/h5-10,17H,11H2,1-4H3/b10-9+. The molecule has 0 saturated carbocycles. The Labute approximate surface area is 120 Å². The molecule has 1 N–H and O–H groups in total. The van der Waals surface area contributed by atoms with E-state index in [9.17, 15) is 0 Å². The van der Waals surface area contributed by atoms with Crippen LogP contribution in [-0.4, -0.2) is 23.4 Å². The van der Waals surface area contributed by atoms with E-state index in [4.69, 9.17) is 19.2 Å². The number of rotatable bonds is 4. The summed E-state index contributed by atoms with van der Waals surface area (Å²) in [7, 11) is -0.406. The van der Waals surface area contributed by atoms with E-state index in [2.05, 4.69) is 0 Å². The van der Waals surface area contributed by atoms with Gasteiger partial charge in [0.15, 0.2) is 0 Å². The van der Waals surface area contributed by atoms with Crippen LogP contribution in [0.15, 0.2) is 36.5 Å². The number of aliphatic hydroxyl groups is 1. The average molecular weight is 276 g/mol. The molecule has 1 heterocycles. The Morgan fingerprint density at radius 3 is 2.15 bits per heavy atom. The number of ether oxygens (including phenoxy) is 1. The Balaban J connectivity index is 1.91. The van der Waals surface area contributed by atoms with Crippen molar-refractivity contribution in [1.29, 1.82) is 0 Å². The van der Waals surface area contributed by atoms with Crippen molar-refractivity contribution in [2.24, 2.45) is 0 Å². The summed E-state index contributed by atoms with van der Waals surface area (Å²) in [5, 5.41) is 8.96. The third-order valence-electron chi connectivity index (χ3n) is 3.82. The van der Waals surface area contributed by atoms with Crippen LogP contribution in [0.1, 0.15) is 33.3 Å². The van der Waals surface area contributed by atoms with Gasteiger partial charge in [0, 0.05) is 0 Å². The van der Waals surface area contributed by atoms with Crippen molar-refractivity contribution >= 4 is 7.12 Å². The second-order valence-electron chi connectivity index (χ2n) is 5.87. The zero-order chi connectivity index (χ0) is 14.8. The molecular weight excluding hydrogens is 255 g/mol. The molecule has 2 rings (SSSR count). The minimum absolute atomic E-state index is 0.0318. The average Bonchev–Trinajstić information content (AvgIpc) is 2.58. The molecule has 0 bridgehead atoms. The summed E-state index contributed by atoms with van der Waals surface area (Å²) in [5.41, 5.74) is 0.169. The second kappa shape index (κ2) is 5.60. The van der Waals surface area contributed by atoms with Crippen LogP contribution in [0.25, 0.3) is 0 Å². The Kier molecular flexibility index (Phi) is 4.23. The predicted molar refractivity (Wildman–Crippen MR) is 78.2 cm³/mol. The molecule has 1 aliphatic heterocycles. The number of hydrogen-bond acceptors (Lipinski definition) is 4. The van der Waals surface area contributed by atoms with Gasteiger partial charge in [-0.3, -0.25) is 0 Å². The number of benzene rings is 1. The fourth-order valence-corrected chi connectivity index (χ4v) is 1.82. The molecule has 1 saturated heterocycles. The van der Waals surface area contributed by atoms with E-state index in [0.29, 0.717) is 5.75 Å². The maximum atomic E-state index is 8.96. The minimum atomic E-state index is -0.406. The molecule has 1 aromatic rings. The van der Waals surface area contributed by atoms with Crippen LogP contribution >= 0.6 is 0 Å². The highest BCUT2D eigenvalue weighted by molar-refractivity contribution is 6.51. The number of aliphatic hydroxyl groups excluding tert-OH is 1. The Hall–Kier alpha value is -1.30. The second-order valence-corrected chi connectivity index (χ2v) is 5.87. The summed E-state index contributed by atoms with van der Waals surface area (Å²) in [6.07, 6.45) is 1.57. The van der Waals surface area contributed by atoms with Crippen molar-refractivity contribution in [2.45, 2.75) is 45.5 Å². The van der Waals surface area contributed by atoms with Gasteiger partial charge >= 0.3 is 7.12 Å². The van der Waals surface area contributed by atoms with Crippen molar-refractivity contribution in [1.82, 2.24) is 0 Å². The van der Waals surface area contributed by atoms with Gasteiger partial charge in [-0.1, -0.05) is 12.1 Å². The van der Waals surface area contributed by atoms with Gasteiger partial charge < -0.3 is 19.2 Å². The van der Waals surface area contributed by atoms with Gasteiger partial charge in [-0.25, -0.2) is 0 Å². The molecule has 1 fully saturated rings. The molecule has 1 aromatic carbocycles. The van der Waals surface area contributed by atoms with E-state index in [0.717, 1.165) is 5.56 Å². The van der Waals surface area contributed by atoms with Gasteiger partial charge in [-0.2, -0.15) is 0 Å². The first-order valence-corrected chi connectivity index (χ1v) is 6.73. The largest absolute Gasteiger partial charge is 0.490 e. The summed E-state index contributed by atoms with van der Waals surface area (Å²) in [4.78, 5) is 0. The van der Waals surface area contributed by atoms with Crippen LogP contribution in [-0.2, 0) is 15.9 Å². The molecule has 0 unspecified atom stereocenters. The van der Waals surface area contributed by atoms with Gasteiger partial charge in [-0.15, -0.1) is 0 Å². The Morgan fingerprint density at radius 1 is 1.10 bits per heavy atom.